The van der Waals surface area contributed by atoms with Crippen LogP contribution in [0.3, 0.4) is 0 Å². The first-order valence-electron chi connectivity index (χ1n) is 11.6. The number of nitrogens with zero attached hydrogens (tertiary/aromatic N) is 3. The summed E-state index contributed by atoms with van der Waals surface area (Å²) in [5, 5.41) is 0. The molecule has 0 N–H and O–H groups in total. The van der Waals surface area contributed by atoms with E-state index in [9.17, 15) is 4.79 Å². The molecule has 1 amide bonds. The number of benzene rings is 1. The second kappa shape index (κ2) is 7.77. The maximum Gasteiger partial charge on any atom is 0.497 e. The lowest BCUT2D eigenvalue weighted by Gasteiger charge is -2.32. The van der Waals surface area contributed by atoms with Crippen LogP contribution in [0, 0.1) is 0 Å². The van der Waals surface area contributed by atoms with Gasteiger partial charge in [0, 0.05) is 24.6 Å². The molecule has 1 aliphatic carbocycles. The summed E-state index contributed by atoms with van der Waals surface area (Å²) in [5.41, 5.74) is 1.68. The summed E-state index contributed by atoms with van der Waals surface area (Å²) in [6, 6.07) is 6.49. The average Bonchev–Trinajstić information content (AvgIpc) is 3.35. The summed E-state index contributed by atoms with van der Waals surface area (Å²) in [6.45, 7) is 14.0. The zero-order chi connectivity index (χ0) is 23.5. The van der Waals surface area contributed by atoms with Crippen molar-refractivity contribution in [3.63, 3.8) is 0 Å². The summed E-state index contributed by atoms with van der Waals surface area (Å²) in [4.78, 5) is 19.0. The Morgan fingerprint density at radius 1 is 1.19 bits per heavy atom. The quantitative estimate of drug-likeness (QED) is 0.665. The number of para-hydroxylation sites is 1. The molecule has 2 atom stereocenters. The smallest absolute Gasteiger partial charge is 0.444 e. The van der Waals surface area contributed by atoms with Crippen molar-refractivity contribution in [2.45, 2.75) is 96.6 Å². The first-order chi connectivity index (χ1) is 14.8. The third-order valence-corrected chi connectivity index (χ3v) is 7.13. The molecule has 2 aliphatic rings. The Bertz CT molecular complexity index is 994. The van der Waals surface area contributed by atoms with Gasteiger partial charge in [-0.2, -0.15) is 0 Å². The predicted molar refractivity (Wildman–Crippen MR) is 126 cm³/mol. The van der Waals surface area contributed by atoms with Gasteiger partial charge in [-0.3, -0.25) is 0 Å². The van der Waals surface area contributed by atoms with Crippen LogP contribution >= 0.6 is 0 Å². The van der Waals surface area contributed by atoms with Crippen LogP contribution < -0.4 is 5.46 Å². The first-order valence-corrected chi connectivity index (χ1v) is 11.6. The van der Waals surface area contributed by atoms with Crippen LogP contribution in [0.25, 0.3) is 11.0 Å². The van der Waals surface area contributed by atoms with Crippen LogP contribution in [-0.4, -0.2) is 57.6 Å². The maximum absolute atomic E-state index is 12.6. The van der Waals surface area contributed by atoms with Gasteiger partial charge in [-0.1, -0.05) is 12.1 Å². The van der Waals surface area contributed by atoms with Gasteiger partial charge in [-0.15, -0.1) is 0 Å². The first kappa shape index (κ1) is 23.1. The zero-order valence-electron chi connectivity index (χ0n) is 20.6. The zero-order valence-corrected chi connectivity index (χ0v) is 20.6. The van der Waals surface area contributed by atoms with Crippen LogP contribution in [0.4, 0.5) is 4.79 Å². The molecule has 1 aromatic heterocycles. The molecule has 32 heavy (non-hydrogen) atoms. The summed E-state index contributed by atoms with van der Waals surface area (Å²) in [7, 11) is 1.39. The molecule has 1 saturated carbocycles. The fourth-order valence-corrected chi connectivity index (χ4v) is 4.58. The highest BCUT2D eigenvalue weighted by atomic mass is 16.7. The van der Waals surface area contributed by atoms with Crippen molar-refractivity contribution in [1.82, 2.24) is 14.5 Å². The summed E-state index contributed by atoms with van der Waals surface area (Å²) in [6.07, 6.45) is 4.41. The molecule has 7 nitrogen and oxygen atoms in total. The number of amides is 1. The Morgan fingerprint density at radius 3 is 2.47 bits per heavy atom. The van der Waals surface area contributed by atoms with Crippen molar-refractivity contribution in [2.75, 3.05) is 7.05 Å². The number of hydrogen-bond acceptors (Lipinski definition) is 5. The Morgan fingerprint density at radius 2 is 1.84 bits per heavy atom. The fourth-order valence-electron chi connectivity index (χ4n) is 4.58. The number of aromatic nitrogens is 2. The molecule has 1 aromatic carbocycles. The van der Waals surface area contributed by atoms with E-state index in [1.165, 1.54) is 0 Å². The molecule has 0 unspecified atom stereocenters. The van der Waals surface area contributed by atoms with Crippen LogP contribution in [-0.2, 0) is 14.0 Å². The summed E-state index contributed by atoms with van der Waals surface area (Å²) in [5.74, 6) is 0. The lowest BCUT2D eigenvalue weighted by Crippen LogP contribution is -2.41. The van der Waals surface area contributed by atoms with Gasteiger partial charge < -0.3 is 23.5 Å². The second-order valence-corrected chi connectivity index (χ2v) is 11.2. The van der Waals surface area contributed by atoms with Crippen LogP contribution in [0.15, 0.2) is 24.5 Å². The Kier molecular flexibility index (Phi) is 5.61. The third-order valence-electron chi connectivity index (χ3n) is 7.13. The predicted octanol–water partition coefficient (Wildman–Crippen LogP) is 4.30. The molecule has 4 rings (SSSR count). The summed E-state index contributed by atoms with van der Waals surface area (Å²) >= 11 is 0. The molecule has 8 heteroatoms. The van der Waals surface area contributed by atoms with Crippen molar-refractivity contribution in [3.05, 3.63) is 24.5 Å². The normalized spacial score (nSPS) is 24.8. The molecule has 1 saturated heterocycles. The van der Waals surface area contributed by atoms with E-state index in [1.54, 1.807) is 4.90 Å². The van der Waals surface area contributed by atoms with Crippen LogP contribution in [0.2, 0.25) is 0 Å². The largest absolute Gasteiger partial charge is 0.497 e. The molecule has 1 aliphatic heterocycles. The maximum atomic E-state index is 12.6. The molecule has 2 aromatic rings. The minimum atomic E-state index is -0.498. The van der Waals surface area contributed by atoms with E-state index in [4.69, 9.17) is 14.0 Å². The SMILES string of the molecule is CN(C(=O)OC(C)(C)C)[C@H]1CC[C@H](n2cnc3cccc(B4OC(C)(C)C(C)(C)O4)c32)C1. The number of carbonyl (C=O) groups is 1. The number of fused-ring (bicyclic) bond motifs is 1. The molecule has 0 spiro atoms. The Labute approximate surface area is 191 Å². The van der Waals surface area contributed by atoms with Gasteiger partial charge >= 0.3 is 13.2 Å². The highest BCUT2D eigenvalue weighted by Gasteiger charge is 2.52. The topological polar surface area (TPSA) is 65.8 Å². The number of rotatable bonds is 3. The van der Waals surface area contributed by atoms with Crippen LogP contribution in [0.5, 0.6) is 0 Å². The summed E-state index contributed by atoms with van der Waals surface area (Å²) < 4.78 is 20.5. The van der Waals surface area contributed by atoms with Gasteiger partial charge in [-0.25, -0.2) is 9.78 Å². The highest BCUT2D eigenvalue weighted by Crippen LogP contribution is 2.38. The van der Waals surface area contributed by atoms with E-state index in [1.807, 2.05) is 46.3 Å². The van der Waals surface area contributed by atoms with E-state index < -0.39 is 23.9 Å². The Hall–Kier alpha value is -2.06. The number of hydrogen-bond donors (Lipinski definition) is 0. The average molecular weight is 441 g/mol. The standard InChI is InChI=1S/C24H36BN3O4/c1-22(2,3)30-21(29)27(8)16-12-13-17(14-16)28-15-26-19-11-9-10-18(20(19)28)25-31-23(4,5)24(6,7)32-25/h9-11,15-17H,12-14H2,1-8H3/t16-,17-/m0/s1. The van der Waals surface area contributed by atoms with Gasteiger partial charge in [-0.05, 0) is 73.8 Å². The molecular weight excluding hydrogens is 405 g/mol. The molecule has 2 heterocycles. The number of carbonyl (C=O) groups excluding carboxylic acids is 1. The van der Waals surface area contributed by atoms with E-state index in [0.717, 1.165) is 35.8 Å². The number of imidazole rings is 1. The highest BCUT2D eigenvalue weighted by molar-refractivity contribution is 6.64. The van der Waals surface area contributed by atoms with Crippen LogP contribution in [0.1, 0.15) is 73.8 Å². The van der Waals surface area contributed by atoms with Crippen molar-refractivity contribution < 1.29 is 18.8 Å². The molecule has 2 fully saturated rings. The number of ether oxygens (including phenoxy) is 1. The van der Waals surface area contributed by atoms with Gasteiger partial charge in [0.15, 0.2) is 0 Å². The molecular formula is C24H36BN3O4. The fraction of sp³-hybridized carbons (Fsp3) is 0.667. The lowest BCUT2D eigenvalue weighted by atomic mass is 9.78. The van der Waals surface area contributed by atoms with Crippen molar-refractivity contribution in [1.29, 1.82) is 0 Å². The van der Waals surface area contributed by atoms with Crippen molar-refractivity contribution in [3.8, 4) is 0 Å². The minimum absolute atomic E-state index is 0.135. The van der Waals surface area contributed by atoms with Gasteiger partial charge in [0.1, 0.15) is 5.60 Å². The Balaban J connectivity index is 1.58. The van der Waals surface area contributed by atoms with Crippen molar-refractivity contribution >= 4 is 29.7 Å². The third kappa shape index (κ3) is 4.15. The van der Waals surface area contributed by atoms with Crippen molar-refractivity contribution in [2.24, 2.45) is 0 Å². The monoisotopic (exact) mass is 441 g/mol. The van der Waals surface area contributed by atoms with E-state index in [0.29, 0.717) is 0 Å². The molecule has 0 bridgehead atoms. The lowest BCUT2D eigenvalue weighted by molar-refractivity contribution is 0.00578. The molecule has 0 radical (unpaired) electrons. The van der Waals surface area contributed by atoms with Gasteiger partial charge in [0.2, 0.25) is 0 Å². The van der Waals surface area contributed by atoms with E-state index in [2.05, 4.69) is 43.3 Å². The second-order valence-electron chi connectivity index (χ2n) is 11.2. The minimum Gasteiger partial charge on any atom is -0.444 e. The van der Waals surface area contributed by atoms with E-state index in [-0.39, 0.29) is 18.2 Å². The van der Waals surface area contributed by atoms with E-state index >= 15 is 0 Å². The molecule has 174 valence electrons. The van der Waals surface area contributed by atoms with Gasteiger partial charge in [0.25, 0.3) is 0 Å². The van der Waals surface area contributed by atoms with Gasteiger partial charge in [0.05, 0.1) is 28.6 Å².